The number of nitrogens with zero attached hydrogens (tertiary/aromatic N) is 2. The topological polar surface area (TPSA) is 111 Å². The lowest BCUT2D eigenvalue weighted by atomic mass is 10.2. The Labute approximate surface area is 187 Å². The van der Waals surface area contributed by atoms with Gasteiger partial charge in [0.15, 0.2) is 0 Å². The summed E-state index contributed by atoms with van der Waals surface area (Å²) in [5.74, 6) is -0.812. The largest absolute Gasteiger partial charge is 0.423 e. The monoisotopic (exact) mass is 449 g/mol. The van der Waals surface area contributed by atoms with Crippen LogP contribution in [0.15, 0.2) is 84.0 Å². The highest BCUT2D eigenvalue weighted by atomic mass is 35.5. The molecule has 0 unspecified atom stereocenters. The van der Waals surface area contributed by atoms with Gasteiger partial charge >= 0.3 is 5.97 Å². The molecule has 0 aliphatic heterocycles. The molecule has 1 N–H and O–H groups in total. The molecule has 1 amide bonds. The van der Waals surface area contributed by atoms with E-state index in [1.807, 2.05) is 6.07 Å². The zero-order valence-corrected chi connectivity index (χ0v) is 17.2. The molecule has 8 nitrogen and oxygen atoms in total. The van der Waals surface area contributed by atoms with Crippen molar-refractivity contribution in [3.8, 4) is 5.75 Å². The van der Waals surface area contributed by atoms with Crippen LogP contribution in [-0.2, 0) is 4.79 Å². The van der Waals surface area contributed by atoms with Crippen molar-refractivity contribution in [2.24, 2.45) is 5.10 Å². The number of hydrogen-bond acceptors (Lipinski definition) is 6. The lowest BCUT2D eigenvalue weighted by Gasteiger charge is -2.02. The minimum absolute atomic E-state index is 0.114. The van der Waals surface area contributed by atoms with Crippen molar-refractivity contribution in [2.45, 2.75) is 0 Å². The summed E-state index contributed by atoms with van der Waals surface area (Å²) in [6.45, 7) is 0. The highest BCUT2D eigenvalue weighted by molar-refractivity contribution is 6.32. The third-order valence-electron chi connectivity index (χ3n) is 4.10. The Hall–Kier alpha value is -4.30. The van der Waals surface area contributed by atoms with Crippen LogP contribution in [0.25, 0.3) is 6.08 Å². The first-order chi connectivity index (χ1) is 15.4. The average Bonchev–Trinajstić information content (AvgIpc) is 2.79. The van der Waals surface area contributed by atoms with Gasteiger partial charge in [-0.05, 0) is 53.6 Å². The van der Waals surface area contributed by atoms with E-state index in [4.69, 9.17) is 16.3 Å². The first-order valence-corrected chi connectivity index (χ1v) is 9.62. The molecule has 0 fully saturated rings. The fourth-order valence-corrected chi connectivity index (χ4v) is 2.73. The SMILES string of the molecule is O=C(/C=C/c1ccccc1Cl)Oc1ccc(/C=N\NC(=O)c2cccc([N+](=O)[O-])c2)cc1. The second-order valence-corrected chi connectivity index (χ2v) is 6.76. The molecular weight excluding hydrogens is 434 g/mol. The molecule has 0 saturated carbocycles. The summed E-state index contributed by atoms with van der Waals surface area (Å²) >= 11 is 6.03. The molecule has 0 heterocycles. The molecule has 0 bridgehead atoms. The Bertz CT molecular complexity index is 1210. The number of hydrogen-bond donors (Lipinski definition) is 1. The maximum Gasteiger partial charge on any atom is 0.336 e. The maximum absolute atomic E-state index is 12.1. The minimum Gasteiger partial charge on any atom is -0.423 e. The lowest BCUT2D eigenvalue weighted by molar-refractivity contribution is -0.384. The first kappa shape index (κ1) is 22.4. The van der Waals surface area contributed by atoms with Gasteiger partial charge in [-0.15, -0.1) is 0 Å². The van der Waals surface area contributed by atoms with Gasteiger partial charge in [0.1, 0.15) is 5.75 Å². The fourth-order valence-electron chi connectivity index (χ4n) is 2.53. The van der Waals surface area contributed by atoms with Crippen molar-refractivity contribution in [3.05, 3.63) is 111 Å². The normalized spacial score (nSPS) is 10.9. The van der Waals surface area contributed by atoms with Gasteiger partial charge in [-0.2, -0.15) is 5.10 Å². The number of carbonyl (C=O) groups is 2. The number of nitro benzene ring substituents is 1. The zero-order chi connectivity index (χ0) is 22.9. The summed E-state index contributed by atoms with van der Waals surface area (Å²) in [7, 11) is 0. The van der Waals surface area contributed by atoms with Crippen LogP contribution >= 0.6 is 11.6 Å². The van der Waals surface area contributed by atoms with Gasteiger partial charge in [0.2, 0.25) is 0 Å². The summed E-state index contributed by atoms with van der Waals surface area (Å²) in [5.41, 5.74) is 3.56. The Morgan fingerprint density at radius 2 is 1.78 bits per heavy atom. The third-order valence-corrected chi connectivity index (χ3v) is 4.45. The smallest absolute Gasteiger partial charge is 0.336 e. The van der Waals surface area contributed by atoms with E-state index in [-0.39, 0.29) is 11.3 Å². The third kappa shape index (κ3) is 6.35. The molecule has 0 atom stereocenters. The standard InChI is InChI=1S/C23H16ClN3O5/c24-21-7-2-1-4-17(21)10-13-22(28)32-20-11-8-16(9-12-20)15-25-26-23(29)18-5-3-6-19(14-18)27(30)31/h1-15H,(H,26,29)/b13-10+,25-15-. The Kier molecular flexibility index (Phi) is 7.45. The second kappa shape index (κ2) is 10.6. The second-order valence-electron chi connectivity index (χ2n) is 6.35. The molecule has 0 radical (unpaired) electrons. The van der Waals surface area contributed by atoms with E-state index in [0.29, 0.717) is 21.9 Å². The number of nitro groups is 1. The van der Waals surface area contributed by atoms with Crippen molar-refractivity contribution >= 4 is 41.5 Å². The molecule has 0 aliphatic carbocycles. The van der Waals surface area contributed by atoms with Crippen molar-refractivity contribution in [1.29, 1.82) is 0 Å². The molecule has 160 valence electrons. The van der Waals surface area contributed by atoms with E-state index in [1.54, 1.807) is 48.5 Å². The maximum atomic E-state index is 12.1. The number of hydrazone groups is 1. The fraction of sp³-hybridized carbons (Fsp3) is 0. The van der Waals surface area contributed by atoms with Crippen LogP contribution in [0.1, 0.15) is 21.5 Å². The van der Waals surface area contributed by atoms with Crippen molar-refractivity contribution in [2.75, 3.05) is 0 Å². The Morgan fingerprint density at radius 3 is 2.50 bits per heavy atom. The minimum atomic E-state index is -0.583. The lowest BCUT2D eigenvalue weighted by Crippen LogP contribution is -2.17. The molecular formula is C23H16ClN3O5. The number of nitrogens with one attached hydrogen (secondary N) is 1. The number of ether oxygens (including phenoxy) is 1. The molecule has 0 aliphatic rings. The predicted octanol–water partition coefficient (Wildman–Crippen LogP) is 4.63. The van der Waals surface area contributed by atoms with Gasteiger partial charge in [-0.25, -0.2) is 10.2 Å². The van der Waals surface area contributed by atoms with Gasteiger partial charge < -0.3 is 4.74 Å². The molecule has 3 aromatic carbocycles. The summed E-state index contributed by atoms with van der Waals surface area (Å²) in [6.07, 6.45) is 4.23. The summed E-state index contributed by atoms with van der Waals surface area (Å²) in [4.78, 5) is 34.2. The van der Waals surface area contributed by atoms with Gasteiger partial charge in [-0.3, -0.25) is 14.9 Å². The average molecular weight is 450 g/mol. The number of carbonyl (C=O) groups excluding carboxylic acids is 2. The van der Waals surface area contributed by atoms with E-state index < -0.39 is 16.8 Å². The molecule has 0 spiro atoms. The van der Waals surface area contributed by atoms with Crippen molar-refractivity contribution in [3.63, 3.8) is 0 Å². The predicted molar refractivity (Wildman–Crippen MR) is 121 cm³/mol. The molecule has 9 heteroatoms. The number of benzene rings is 3. The van der Waals surface area contributed by atoms with Crippen LogP contribution in [0.4, 0.5) is 5.69 Å². The summed E-state index contributed by atoms with van der Waals surface area (Å²) < 4.78 is 5.22. The highest BCUT2D eigenvalue weighted by Gasteiger charge is 2.10. The van der Waals surface area contributed by atoms with E-state index in [9.17, 15) is 19.7 Å². The van der Waals surface area contributed by atoms with E-state index in [2.05, 4.69) is 10.5 Å². The van der Waals surface area contributed by atoms with Crippen molar-refractivity contribution < 1.29 is 19.2 Å². The number of halogens is 1. The van der Waals surface area contributed by atoms with E-state index in [0.717, 1.165) is 6.07 Å². The summed E-state index contributed by atoms with van der Waals surface area (Å²) in [6, 6.07) is 18.8. The number of rotatable bonds is 7. The first-order valence-electron chi connectivity index (χ1n) is 9.25. The van der Waals surface area contributed by atoms with Gasteiger partial charge in [0, 0.05) is 28.8 Å². The Morgan fingerprint density at radius 1 is 1.03 bits per heavy atom. The van der Waals surface area contributed by atoms with E-state index in [1.165, 1.54) is 30.5 Å². The molecule has 3 rings (SSSR count). The quantitative estimate of drug-likeness (QED) is 0.141. The van der Waals surface area contributed by atoms with Crippen LogP contribution in [0.2, 0.25) is 5.02 Å². The molecule has 0 saturated heterocycles. The van der Waals surface area contributed by atoms with E-state index >= 15 is 0 Å². The molecule has 3 aromatic rings. The van der Waals surface area contributed by atoms with Crippen LogP contribution in [0, 0.1) is 10.1 Å². The molecule has 0 aromatic heterocycles. The van der Waals surface area contributed by atoms with Crippen LogP contribution in [-0.4, -0.2) is 23.0 Å². The number of amides is 1. The number of esters is 1. The van der Waals surface area contributed by atoms with Crippen LogP contribution < -0.4 is 10.2 Å². The summed E-state index contributed by atoms with van der Waals surface area (Å²) in [5, 5.41) is 15.1. The zero-order valence-electron chi connectivity index (χ0n) is 16.5. The Balaban J connectivity index is 1.54. The van der Waals surface area contributed by atoms with Crippen LogP contribution in [0.3, 0.4) is 0 Å². The van der Waals surface area contributed by atoms with Gasteiger partial charge in [0.25, 0.3) is 11.6 Å². The highest BCUT2D eigenvalue weighted by Crippen LogP contribution is 2.17. The van der Waals surface area contributed by atoms with Gasteiger partial charge in [-0.1, -0.05) is 35.9 Å². The number of non-ortho nitro benzene ring substituents is 1. The van der Waals surface area contributed by atoms with Crippen molar-refractivity contribution in [1.82, 2.24) is 5.43 Å². The van der Waals surface area contributed by atoms with Gasteiger partial charge in [0.05, 0.1) is 11.1 Å². The molecule has 32 heavy (non-hydrogen) atoms. The van der Waals surface area contributed by atoms with Crippen LogP contribution in [0.5, 0.6) is 5.75 Å².